The Hall–Kier alpha value is -0.610. The second-order valence-corrected chi connectivity index (χ2v) is 6.09. The minimum Gasteiger partial charge on any atom is -0.395 e. The molecule has 1 saturated heterocycles. The largest absolute Gasteiger partial charge is 0.395 e. The summed E-state index contributed by atoms with van der Waals surface area (Å²) in [5.41, 5.74) is 0. The van der Waals surface area contributed by atoms with Crippen molar-refractivity contribution in [2.45, 2.75) is 38.1 Å². The summed E-state index contributed by atoms with van der Waals surface area (Å²) in [5.74, 6) is 1.96. The number of amides is 1. The Bertz CT molecular complexity index is 305. The van der Waals surface area contributed by atoms with Gasteiger partial charge >= 0.3 is 0 Å². The molecule has 3 atom stereocenters. The van der Waals surface area contributed by atoms with Crippen LogP contribution in [0.25, 0.3) is 0 Å². The maximum absolute atomic E-state index is 12.5. The van der Waals surface area contributed by atoms with Crippen LogP contribution in [-0.4, -0.2) is 48.2 Å². The van der Waals surface area contributed by atoms with E-state index in [9.17, 15) is 4.79 Å². The fraction of sp³-hybridized carbons (Fsp3) is 0.929. The first-order valence-electron chi connectivity index (χ1n) is 7.44. The van der Waals surface area contributed by atoms with E-state index in [2.05, 4.69) is 5.32 Å². The number of rotatable bonds is 5. The first kappa shape index (κ1) is 12.4. The third-order valence-corrected chi connectivity index (χ3v) is 4.98. The number of aliphatic hydroxyl groups excluding tert-OH is 1. The van der Waals surface area contributed by atoms with Crippen LogP contribution in [0.2, 0.25) is 0 Å². The Morgan fingerprint density at radius 1 is 1.22 bits per heavy atom. The molecule has 4 nitrogen and oxygen atoms in total. The molecule has 1 aliphatic heterocycles. The highest BCUT2D eigenvalue weighted by atomic mass is 16.3. The Morgan fingerprint density at radius 2 is 2.00 bits per heavy atom. The summed E-state index contributed by atoms with van der Waals surface area (Å²) in [6.45, 7) is 2.45. The molecule has 0 radical (unpaired) electrons. The molecular weight excluding hydrogens is 228 g/mol. The van der Waals surface area contributed by atoms with Crippen LogP contribution >= 0.6 is 0 Å². The lowest BCUT2D eigenvalue weighted by molar-refractivity contribution is -0.134. The van der Waals surface area contributed by atoms with Gasteiger partial charge < -0.3 is 15.3 Å². The fourth-order valence-corrected chi connectivity index (χ4v) is 3.99. The number of carbonyl (C=O) groups is 1. The smallest absolute Gasteiger partial charge is 0.226 e. The predicted octanol–water partition coefficient (Wildman–Crippen LogP) is 0.605. The van der Waals surface area contributed by atoms with Gasteiger partial charge in [-0.2, -0.15) is 0 Å². The molecule has 1 heterocycles. The zero-order chi connectivity index (χ0) is 12.5. The first-order valence-corrected chi connectivity index (χ1v) is 7.44. The van der Waals surface area contributed by atoms with Gasteiger partial charge in [0.25, 0.3) is 0 Å². The molecule has 2 aliphatic carbocycles. The van der Waals surface area contributed by atoms with Crippen LogP contribution in [0.15, 0.2) is 0 Å². The van der Waals surface area contributed by atoms with E-state index in [1.54, 1.807) is 0 Å². The Balaban J connectivity index is 1.56. The second-order valence-electron chi connectivity index (χ2n) is 6.09. The average molecular weight is 252 g/mol. The van der Waals surface area contributed by atoms with Crippen LogP contribution in [0.1, 0.15) is 32.1 Å². The zero-order valence-corrected chi connectivity index (χ0v) is 11.0. The highest BCUT2D eigenvalue weighted by molar-refractivity contribution is 5.82. The van der Waals surface area contributed by atoms with E-state index in [4.69, 9.17) is 5.11 Å². The molecule has 0 aromatic rings. The van der Waals surface area contributed by atoms with Crippen LogP contribution in [0, 0.1) is 17.8 Å². The molecule has 3 rings (SSSR count). The van der Waals surface area contributed by atoms with Gasteiger partial charge in [0.15, 0.2) is 0 Å². The predicted molar refractivity (Wildman–Crippen MR) is 69.0 cm³/mol. The monoisotopic (exact) mass is 252 g/mol. The Morgan fingerprint density at radius 3 is 2.61 bits per heavy atom. The number of aliphatic hydroxyl groups is 1. The molecule has 18 heavy (non-hydrogen) atoms. The van der Waals surface area contributed by atoms with Crippen molar-refractivity contribution in [1.82, 2.24) is 10.2 Å². The summed E-state index contributed by atoms with van der Waals surface area (Å²) < 4.78 is 0. The minimum atomic E-state index is 0.0838. The molecule has 2 N–H and O–H groups in total. The van der Waals surface area contributed by atoms with Crippen LogP contribution in [-0.2, 0) is 4.79 Å². The van der Waals surface area contributed by atoms with Crippen molar-refractivity contribution in [2.24, 2.45) is 17.8 Å². The van der Waals surface area contributed by atoms with Gasteiger partial charge in [0.2, 0.25) is 5.91 Å². The number of hydrogen-bond acceptors (Lipinski definition) is 3. The van der Waals surface area contributed by atoms with Gasteiger partial charge in [0.1, 0.15) is 0 Å². The van der Waals surface area contributed by atoms with Crippen molar-refractivity contribution in [3.05, 3.63) is 0 Å². The van der Waals surface area contributed by atoms with Crippen LogP contribution in [0.5, 0.6) is 0 Å². The van der Waals surface area contributed by atoms with E-state index in [0.29, 0.717) is 36.2 Å². The molecule has 2 saturated carbocycles. The average Bonchev–Trinajstić information content (AvgIpc) is 2.80. The number of carbonyl (C=O) groups excluding carboxylic acids is 1. The summed E-state index contributed by atoms with van der Waals surface area (Å²) in [6, 6.07) is 0.444. The van der Waals surface area contributed by atoms with Gasteiger partial charge in [-0.3, -0.25) is 4.79 Å². The maximum Gasteiger partial charge on any atom is 0.226 e. The molecule has 0 bridgehead atoms. The molecular formula is C14H24N2O2. The molecule has 0 spiro atoms. The normalized spacial score (nSPS) is 37.6. The first-order chi connectivity index (χ1) is 8.81. The fourth-order valence-electron chi connectivity index (χ4n) is 3.99. The number of nitrogens with zero attached hydrogens (tertiary/aromatic N) is 1. The van der Waals surface area contributed by atoms with Gasteiger partial charge in [-0.05, 0) is 44.1 Å². The second kappa shape index (κ2) is 5.17. The molecule has 0 aromatic heterocycles. The van der Waals surface area contributed by atoms with Gasteiger partial charge in [0, 0.05) is 25.0 Å². The molecule has 1 amide bonds. The lowest BCUT2D eigenvalue weighted by Crippen LogP contribution is -2.43. The van der Waals surface area contributed by atoms with E-state index < -0.39 is 0 Å². The number of hydrogen-bond donors (Lipinski definition) is 2. The van der Waals surface area contributed by atoms with Crippen molar-refractivity contribution in [3.8, 4) is 0 Å². The van der Waals surface area contributed by atoms with Crippen molar-refractivity contribution >= 4 is 5.91 Å². The zero-order valence-electron chi connectivity index (χ0n) is 11.0. The van der Waals surface area contributed by atoms with E-state index in [0.717, 1.165) is 19.5 Å². The maximum atomic E-state index is 12.5. The lowest BCUT2D eigenvalue weighted by atomic mass is 10.1. The third-order valence-electron chi connectivity index (χ3n) is 4.98. The van der Waals surface area contributed by atoms with Crippen molar-refractivity contribution in [3.63, 3.8) is 0 Å². The van der Waals surface area contributed by atoms with Gasteiger partial charge in [-0.15, -0.1) is 0 Å². The quantitative estimate of drug-likeness (QED) is 0.753. The summed E-state index contributed by atoms with van der Waals surface area (Å²) in [6.07, 6.45) is 6.17. The van der Waals surface area contributed by atoms with Crippen LogP contribution < -0.4 is 5.32 Å². The summed E-state index contributed by atoms with van der Waals surface area (Å²) in [4.78, 5) is 14.4. The lowest BCUT2D eigenvalue weighted by Gasteiger charge is -2.26. The Kier molecular flexibility index (Phi) is 3.57. The van der Waals surface area contributed by atoms with E-state index in [-0.39, 0.29) is 6.61 Å². The molecule has 3 unspecified atom stereocenters. The summed E-state index contributed by atoms with van der Waals surface area (Å²) in [7, 11) is 0. The van der Waals surface area contributed by atoms with E-state index in [1.165, 1.54) is 25.7 Å². The van der Waals surface area contributed by atoms with Gasteiger partial charge in [-0.25, -0.2) is 0 Å². The highest BCUT2D eigenvalue weighted by Gasteiger charge is 2.57. The highest BCUT2D eigenvalue weighted by Crippen LogP contribution is 2.58. The molecule has 3 aliphatic rings. The molecule has 102 valence electrons. The summed E-state index contributed by atoms with van der Waals surface area (Å²) in [5, 5.41) is 12.6. The van der Waals surface area contributed by atoms with Crippen molar-refractivity contribution < 1.29 is 9.90 Å². The van der Waals surface area contributed by atoms with Gasteiger partial charge in [-0.1, -0.05) is 6.42 Å². The van der Waals surface area contributed by atoms with Gasteiger partial charge in [0.05, 0.1) is 6.61 Å². The van der Waals surface area contributed by atoms with E-state index in [1.807, 2.05) is 4.90 Å². The van der Waals surface area contributed by atoms with E-state index >= 15 is 0 Å². The SMILES string of the molecule is O=C(C1C2CCCC21)N(CCO)CC1CCCN1. The van der Waals surface area contributed by atoms with Crippen molar-refractivity contribution in [1.29, 1.82) is 0 Å². The Labute approximate surface area is 109 Å². The van der Waals surface area contributed by atoms with Crippen LogP contribution in [0.3, 0.4) is 0 Å². The molecule has 3 fully saturated rings. The standard InChI is InChI=1S/C14H24N2O2/c17-8-7-16(9-10-3-2-6-15-10)14(18)13-11-4-1-5-12(11)13/h10-13,15,17H,1-9H2. The number of nitrogens with one attached hydrogen (secondary N) is 1. The third kappa shape index (κ3) is 2.28. The minimum absolute atomic E-state index is 0.0838. The topological polar surface area (TPSA) is 52.6 Å². The number of fused-ring (bicyclic) bond motifs is 1. The molecule has 4 heteroatoms. The van der Waals surface area contributed by atoms with Crippen LogP contribution in [0.4, 0.5) is 0 Å². The molecule has 0 aromatic carbocycles. The van der Waals surface area contributed by atoms with Crippen molar-refractivity contribution in [2.75, 3.05) is 26.2 Å². The summed E-state index contributed by atoms with van der Waals surface area (Å²) >= 11 is 0.